The quantitative estimate of drug-likeness (QED) is 0.744. The molecule has 26 heavy (non-hydrogen) atoms. The van der Waals surface area contributed by atoms with E-state index in [1.807, 2.05) is 19.2 Å². The molecular weight excluding hydrogens is 370 g/mol. The molecule has 6 nitrogen and oxygen atoms in total. The highest BCUT2D eigenvalue weighted by molar-refractivity contribution is 7.89. The number of nitrogens with one attached hydrogen (secondary N) is 1. The molecule has 8 heteroatoms. The molecule has 0 bridgehead atoms. The van der Waals surface area contributed by atoms with Gasteiger partial charge in [0, 0.05) is 31.4 Å². The lowest BCUT2D eigenvalue weighted by Gasteiger charge is -2.12. The predicted octanol–water partition coefficient (Wildman–Crippen LogP) is 3.05. The molecular formula is C18H25N3O3S2. The Kier molecular flexibility index (Phi) is 6.16. The standard InChI is InChI=1S/C18H25N3O3S2/c1-14(2)24-16-5-7-17(8-6-16)26(22,23)19-10-9-15-13-25-18(20-15)21-11-3-4-12-21/h5-8,13-14,19H,3-4,9-12H2,1-2H3. The van der Waals surface area contributed by atoms with E-state index in [1.54, 1.807) is 35.6 Å². The Bertz CT molecular complexity index is 810. The minimum absolute atomic E-state index is 0.0548. The minimum atomic E-state index is -3.52. The fourth-order valence-electron chi connectivity index (χ4n) is 2.83. The fourth-order valence-corrected chi connectivity index (χ4v) is 4.78. The maximum atomic E-state index is 12.4. The van der Waals surface area contributed by atoms with Crippen molar-refractivity contribution in [3.8, 4) is 5.75 Å². The van der Waals surface area contributed by atoms with Crippen molar-refractivity contribution in [2.45, 2.75) is 44.1 Å². The van der Waals surface area contributed by atoms with Crippen LogP contribution in [0.2, 0.25) is 0 Å². The zero-order chi connectivity index (χ0) is 18.6. The van der Waals surface area contributed by atoms with Crippen LogP contribution in [-0.2, 0) is 16.4 Å². The summed E-state index contributed by atoms with van der Waals surface area (Å²) in [5, 5.41) is 3.06. The van der Waals surface area contributed by atoms with Gasteiger partial charge in [0.25, 0.3) is 0 Å². The molecule has 0 radical (unpaired) electrons. The Morgan fingerprint density at radius 3 is 2.58 bits per heavy atom. The lowest BCUT2D eigenvalue weighted by atomic mass is 10.3. The van der Waals surface area contributed by atoms with E-state index in [9.17, 15) is 8.42 Å². The summed E-state index contributed by atoms with van der Waals surface area (Å²) in [4.78, 5) is 7.15. The van der Waals surface area contributed by atoms with Crippen LogP contribution < -0.4 is 14.4 Å². The van der Waals surface area contributed by atoms with Crippen molar-refractivity contribution in [2.24, 2.45) is 0 Å². The molecule has 0 unspecified atom stereocenters. The van der Waals surface area contributed by atoms with Gasteiger partial charge < -0.3 is 9.64 Å². The van der Waals surface area contributed by atoms with Gasteiger partial charge >= 0.3 is 0 Å². The zero-order valence-electron chi connectivity index (χ0n) is 15.1. The molecule has 142 valence electrons. The third kappa shape index (κ3) is 4.96. The molecule has 2 heterocycles. The Morgan fingerprint density at radius 2 is 1.92 bits per heavy atom. The Morgan fingerprint density at radius 1 is 1.23 bits per heavy atom. The van der Waals surface area contributed by atoms with Crippen LogP contribution in [0.5, 0.6) is 5.75 Å². The number of hydrogen-bond acceptors (Lipinski definition) is 6. The maximum absolute atomic E-state index is 12.4. The van der Waals surface area contributed by atoms with Crippen LogP contribution in [0.4, 0.5) is 5.13 Å². The minimum Gasteiger partial charge on any atom is -0.491 e. The molecule has 1 aromatic carbocycles. The Balaban J connectivity index is 1.53. The average Bonchev–Trinajstić information content (AvgIpc) is 3.26. The third-order valence-corrected chi connectivity index (χ3v) is 6.52. The lowest BCUT2D eigenvalue weighted by Crippen LogP contribution is -2.26. The van der Waals surface area contributed by atoms with Crippen molar-refractivity contribution < 1.29 is 13.2 Å². The number of thiazole rings is 1. The van der Waals surface area contributed by atoms with Crippen molar-refractivity contribution in [3.63, 3.8) is 0 Å². The van der Waals surface area contributed by atoms with Gasteiger partial charge in [-0.3, -0.25) is 0 Å². The second-order valence-corrected chi connectivity index (χ2v) is 9.20. The Labute approximate surface area is 159 Å². The van der Waals surface area contributed by atoms with Crippen LogP contribution in [0.25, 0.3) is 0 Å². The molecule has 1 saturated heterocycles. The number of benzene rings is 1. The smallest absolute Gasteiger partial charge is 0.240 e. The summed E-state index contributed by atoms with van der Waals surface area (Å²) in [6, 6.07) is 6.48. The van der Waals surface area contributed by atoms with E-state index < -0.39 is 10.0 Å². The first-order valence-electron chi connectivity index (χ1n) is 8.90. The monoisotopic (exact) mass is 395 g/mol. The molecule has 1 aliphatic heterocycles. The molecule has 1 fully saturated rings. The predicted molar refractivity (Wildman–Crippen MR) is 105 cm³/mol. The molecule has 0 atom stereocenters. The molecule has 1 aliphatic rings. The number of hydrogen-bond donors (Lipinski definition) is 1. The zero-order valence-corrected chi connectivity index (χ0v) is 16.8. The highest BCUT2D eigenvalue weighted by atomic mass is 32.2. The summed E-state index contributed by atoms with van der Waals surface area (Å²) < 4.78 is 33.0. The normalized spacial score (nSPS) is 15.0. The van der Waals surface area contributed by atoms with Crippen LogP contribution in [0.3, 0.4) is 0 Å². The van der Waals surface area contributed by atoms with Gasteiger partial charge in [0.1, 0.15) is 5.75 Å². The summed E-state index contributed by atoms with van der Waals surface area (Å²) in [6.45, 7) is 6.32. The first kappa shape index (κ1) is 19.1. The largest absolute Gasteiger partial charge is 0.491 e. The maximum Gasteiger partial charge on any atom is 0.240 e. The number of aromatic nitrogens is 1. The summed E-state index contributed by atoms with van der Waals surface area (Å²) in [5.41, 5.74) is 0.931. The second-order valence-electron chi connectivity index (χ2n) is 6.60. The molecule has 0 amide bonds. The average molecular weight is 396 g/mol. The van der Waals surface area contributed by atoms with Gasteiger partial charge in [0.2, 0.25) is 10.0 Å². The number of ether oxygens (including phenoxy) is 1. The molecule has 1 N–H and O–H groups in total. The van der Waals surface area contributed by atoms with Crippen LogP contribution in [0, 0.1) is 0 Å². The van der Waals surface area contributed by atoms with Crippen molar-refractivity contribution >= 4 is 26.5 Å². The summed E-state index contributed by atoms with van der Waals surface area (Å²) >= 11 is 1.63. The number of anilines is 1. The van der Waals surface area contributed by atoms with E-state index >= 15 is 0 Å². The number of sulfonamides is 1. The number of rotatable bonds is 8. The SMILES string of the molecule is CC(C)Oc1ccc(S(=O)(=O)NCCc2csc(N3CCCC3)n2)cc1. The topological polar surface area (TPSA) is 71.5 Å². The van der Waals surface area contributed by atoms with Gasteiger partial charge in [0.05, 0.1) is 16.7 Å². The Hall–Kier alpha value is -1.64. The van der Waals surface area contributed by atoms with Gasteiger partial charge in [-0.1, -0.05) is 0 Å². The van der Waals surface area contributed by atoms with Crippen LogP contribution in [0.15, 0.2) is 34.5 Å². The molecule has 1 aromatic heterocycles. The lowest BCUT2D eigenvalue weighted by molar-refractivity contribution is 0.242. The molecule has 0 spiro atoms. The van der Waals surface area contributed by atoms with E-state index in [4.69, 9.17) is 4.74 Å². The van der Waals surface area contributed by atoms with E-state index in [1.165, 1.54) is 12.8 Å². The van der Waals surface area contributed by atoms with Crippen molar-refractivity contribution in [1.29, 1.82) is 0 Å². The van der Waals surface area contributed by atoms with Crippen LogP contribution in [0.1, 0.15) is 32.4 Å². The van der Waals surface area contributed by atoms with E-state index in [0.29, 0.717) is 18.7 Å². The molecule has 3 rings (SSSR count). The van der Waals surface area contributed by atoms with Crippen LogP contribution in [-0.4, -0.2) is 39.1 Å². The summed E-state index contributed by atoms with van der Waals surface area (Å²) in [6.07, 6.45) is 3.07. The van der Waals surface area contributed by atoms with Gasteiger partial charge in [0.15, 0.2) is 5.13 Å². The first-order chi connectivity index (χ1) is 12.4. The van der Waals surface area contributed by atoms with Crippen molar-refractivity contribution in [2.75, 3.05) is 24.5 Å². The van der Waals surface area contributed by atoms with Gasteiger partial charge in [-0.05, 0) is 51.0 Å². The summed E-state index contributed by atoms with van der Waals surface area (Å²) in [7, 11) is -3.52. The second kappa shape index (κ2) is 8.37. The third-order valence-electron chi connectivity index (χ3n) is 4.10. The first-order valence-corrected chi connectivity index (χ1v) is 11.3. The molecule has 0 saturated carbocycles. The highest BCUT2D eigenvalue weighted by Gasteiger charge is 2.17. The van der Waals surface area contributed by atoms with E-state index in [0.717, 1.165) is 23.9 Å². The summed E-state index contributed by atoms with van der Waals surface area (Å²) in [5.74, 6) is 0.663. The van der Waals surface area contributed by atoms with Gasteiger partial charge in [-0.2, -0.15) is 0 Å². The van der Waals surface area contributed by atoms with Crippen molar-refractivity contribution in [3.05, 3.63) is 35.3 Å². The van der Waals surface area contributed by atoms with Gasteiger partial charge in [-0.15, -0.1) is 11.3 Å². The van der Waals surface area contributed by atoms with Gasteiger partial charge in [-0.25, -0.2) is 18.1 Å². The van der Waals surface area contributed by atoms with E-state index in [2.05, 4.69) is 14.6 Å². The highest BCUT2D eigenvalue weighted by Crippen LogP contribution is 2.24. The van der Waals surface area contributed by atoms with Crippen molar-refractivity contribution in [1.82, 2.24) is 9.71 Å². The van der Waals surface area contributed by atoms with Crippen LogP contribution >= 0.6 is 11.3 Å². The molecule has 2 aromatic rings. The van der Waals surface area contributed by atoms with E-state index in [-0.39, 0.29) is 11.0 Å². The fraction of sp³-hybridized carbons (Fsp3) is 0.500. The number of nitrogens with zero attached hydrogens (tertiary/aromatic N) is 2. The molecule has 0 aliphatic carbocycles.